The molecule has 3 aromatic rings. The second-order valence-corrected chi connectivity index (χ2v) is 7.60. The highest BCUT2D eigenvalue weighted by Crippen LogP contribution is 2.32. The molecule has 12 heteroatoms. The summed E-state index contributed by atoms with van der Waals surface area (Å²) in [6, 6.07) is 4.73. The van der Waals surface area contributed by atoms with Gasteiger partial charge in [0.1, 0.15) is 5.01 Å². The molecule has 4 rings (SSSR count). The Kier molecular flexibility index (Phi) is 3.95. The van der Waals surface area contributed by atoms with Crippen molar-refractivity contribution in [2.45, 2.75) is 17.8 Å². The van der Waals surface area contributed by atoms with Crippen LogP contribution in [-0.2, 0) is 17.4 Å². The van der Waals surface area contributed by atoms with Crippen LogP contribution in [0.25, 0.3) is 16.3 Å². The zero-order chi connectivity index (χ0) is 18.5. The van der Waals surface area contributed by atoms with Gasteiger partial charge in [-0.1, -0.05) is 35.2 Å². The average molecular weight is 399 g/mol. The molecule has 1 N–H and O–H groups in total. The number of aromatic nitrogens is 4. The zero-order valence-electron chi connectivity index (χ0n) is 12.6. The van der Waals surface area contributed by atoms with Gasteiger partial charge in [0.2, 0.25) is 10.9 Å². The first-order valence-corrected chi connectivity index (χ1v) is 8.91. The van der Waals surface area contributed by atoms with Gasteiger partial charge in [-0.3, -0.25) is 14.9 Å². The van der Waals surface area contributed by atoms with Crippen molar-refractivity contribution in [3.8, 4) is 11.4 Å². The average Bonchev–Trinajstić information content (AvgIpc) is 3.21. The summed E-state index contributed by atoms with van der Waals surface area (Å²) >= 11 is 2.05. The number of carbonyl (C=O) groups excluding carboxylic acids is 2. The fourth-order valence-electron chi connectivity index (χ4n) is 2.44. The third-order valence-electron chi connectivity index (χ3n) is 3.61. The molecule has 0 aliphatic carbocycles. The van der Waals surface area contributed by atoms with E-state index in [-0.39, 0.29) is 23.7 Å². The van der Waals surface area contributed by atoms with Crippen LogP contribution < -0.4 is 5.32 Å². The van der Waals surface area contributed by atoms with Crippen molar-refractivity contribution in [2.75, 3.05) is 0 Å². The van der Waals surface area contributed by atoms with E-state index in [1.807, 2.05) is 0 Å². The number of thioether (sulfide) groups is 1. The van der Waals surface area contributed by atoms with Crippen LogP contribution in [0.1, 0.15) is 10.6 Å². The highest BCUT2D eigenvalue weighted by atomic mass is 32.2. The normalized spacial score (nSPS) is 17.9. The molecule has 1 aliphatic heterocycles. The third kappa shape index (κ3) is 3.05. The fraction of sp³-hybridized carbons (Fsp3) is 0.214. The molecule has 0 saturated carbocycles. The molecule has 0 spiro atoms. The number of rotatable bonds is 3. The topological polar surface area (TPSA) is 89.2 Å². The van der Waals surface area contributed by atoms with Gasteiger partial charge in [0, 0.05) is 12.0 Å². The van der Waals surface area contributed by atoms with Gasteiger partial charge in [-0.25, -0.2) is 0 Å². The predicted molar refractivity (Wildman–Crippen MR) is 87.7 cm³/mol. The molecule has 1 fully saturated rings. The van der Waals surface area contributed by atoms with Gasteiger partial charge in [0.05, 0.1) is 10.8 Å². The van der Waals surface area contributed by atoms with Crippen LogP contribution in [0.4, 0.5) is 18.0 Å². The van der Waals surface area contributed by atoms with E-state index in [0.717, 1.165) is 35.2 Å². The van der Waals surface area contributed by atoms with E-state index in [1.54, 1.807) is 0 Å². The highest BCUT2D eigenvalue weighted by molar-refractivity contribution is 8.15. The van der Waals surface area contributed by atoms with Crippen molar-refractivity contribution >= 4 is 39.2 Å². The molecular formula is C14H8F3N5O2S2. The Morgan fingerprint density at radius 1 is 1.23 bits per heavy atom. The van der Waals surface area contributed by atoms with Crippen LogP contribution in [0.2, 0.25) is 0 Å². The SMILES string of the molecule is O=C1NC(=O)[C@H](Cc2nn3c(-c4cccc(C(F)(F)F)c4)nnc3s2)S1. The number of nitrogens with one attached hydrogen (secondary N) is 1. The molecule has 26 heavy (non-hydrogen) atoms. The summed E-state index contributed by atoms with van der Waals surface area (Å²) in [5.74, 6) is -0.211. The molecule has 0 unspecified atom stereocenters. The van der Waals surface area contributed by atoms with Crippen LogP contribution in [0, 0.1) is 0 Å². The van der Waals surface area contributed by atoms with Crippen molar-refractivity contribution < 1.29 is 22.8 Å². The van der Waals surface area contributed by atoms with Gasteiger partial charge < -0.3 is 0 Å². The van der Waals surface area contributed by atoms with Gasteiger partial charge in [-0.2, -0.15) is 22.8 Å². The van der Waals surface area contributed by atoms with Crippen LogP contribution in [0.5, 0.6) is 0 Å². The molecule has 1 aliphatic rings. The summed E-state index contributed by atoms with van der Waals surface area (Å²) in [6.07, 6.45) is -4.25. The maximum atomic E-state index is 12.9. The van der Waals surface area contributed by atoms with Gasteiger partial charge >= 0.3 is 6.18 Å². The number of benzene rings is 1. The van der Waals surface area contributed by atoms with E-state index in [1.165, 1.54) is 16.6 Å². The van der Waals surface area contributed by atoms with Crippen molar-refractivity contribution in [3.63, 3.8) is 0 Å². The Balaban J connectivity index is 1.67. The Hall–Kier alpha value is -2.47. The van der Waals surface area contributed by atoms with Crippen molar-refractivity contribution in [1.29, 1.82) is 0 Å². The molecule has 0 bridgehead atoms. The van der Waals surface area contributed by atoms with E-state index in [2.05, 4.69) is 20.6 Å². The number of fused-ring (bicyclic) bond motifs is 1. The van der Waals surface area contributed by atoms with Crippen molar-refractivity contribution in [3.05, 3.63) is 34.8 Å². The van der Waals surface area contributed by atoms with E-state index in [0.29, 0.717) is 9.97 Å². The quantitative estimate of drug-likeness (QED) is 0.729. The van der Waals surface area contributed by atoms with E-state index < -0.39 is 22.2 Å². The van der Waals surface area contributed by atoms with Crippen LogP contribution in [0.3, 0.4) is 0 Å². The number of amides is 2. The number of carbonyl (C=O) groups is 2. The minimum absolute atomic E-state index is 0.174. The summed E-state index contributed by atoms with van der Waals surface area (Å²) in [7, 11) is 0. The van der Waals surface area contributed by atoms with E-state index in [9.17, 15) is 22.8 Å². The Labute approximate surface area is 151 Å². The molecule has 1 atom stereocenters. The summed E-state index contributed by atoms with van der Waals surface area (Å²) in [4.78, 5) is 23.3. The highest BCUT2D eigenvalue weighted by Gasteiger charge is 2.33. The molecule has 0 radical (unpaired) electrons. The Morgan fingerprint density at radius 2 is 2.04 bits per heavy atom. The maximum absolute atomic E-state index is 12.9. The Bertz CT molecular complexity index is 1030. The largest absolute Gasteiger partial charge is 0.416 e. The lowest BCUT2D eigenvalue weighted by molar-refractivity contribution is -0.137. The minimum atomic E-state index is -4.47. The number of halogens is 3. The third-order valence-corrected chi connectivity index (χ3v) is 5.51. The number of imide groups is 1. The monoisotopic (exact) mass is 399 g/mol. The molecule has 2 amide bonds. The van der Waals surface area contributed by atoms with Gasteiger partial charge in [-0.15, -0.1) is 10.2 Å². The van der Waals surface area contributed by atoms with Crippen LogP contribution in [-0.4, -0.2) is 36.2 Å². The van der Waals surface area contributed by atoms with Crippen molar-refractivity contribution in [1.82, 2.24) is 25.1 Å². The molecule has 1 aromatic carbocycles. The number of alkyl halides is 3. The summed E-state index contributed by atoms with van der Waals surface area (Å²) < 4.78 is 40.0. The summed E-state index contributed by atoms with van der Waals surface area (Å²) in [5, 5.41) is 13.9. The lowest BCUT2D eigenvalue weighted by Crippen LogP contribution is -2.25. The number of hydrogen-bond acceptors (Lipinski definition) is 7. The lowest BCUT2D eigenvalue weighted by Gasteiger charge is -2.07. The fourth-order valence-corrected chi connectivity index (χ4v) is 4.25. The zero-order valence-corrected chi connectivity index (χ0v) is 14.3. The number of hydrogen-bond donors (Lipinski definition) is 1. The lowest BCUT2D eigenvalue weighted by atomic mass is 10.1. The first kappa shape index (κ1) is 17.0. The van der Waals surface area contributed by atoms with Gasteiger partial charge in [-0.05, 0) is 12.1 Å². The summed E-state index contributed by atoms with van der Waals surface area (Å²) in [5.41, 5.74) is -0.563. The molecule has 2 aromatic heterocycles. The Morgan fingerprint density at radius 3 is 2.73 bits per heavy atom. The molecular weight excluding hydrogens is 391 g/mol. The maximum Gasteiger partial charge on any atom is 0.416 e. The second-order valence-electron chi connectivity index (χ2n) is 5.38. The standard InChI is InChI=1S/C14H8F3N5O2S2/c15-14(16,17)7-3-1-2-6(4-7)10-19-20-12-22(10)21-9(26-12)5-8-11(23)18-13(24)25-8/h1-4,8H,5H2,(H,18,23,24)/t8-/m0/s1. The van der Waals surface area contributed by atoms with Crippen LogP contribution >= 0.6 is 23.1 Å². The van der Waals surface area contributed by atoms with E-state index in [4.69, 9.17) is 0 Å². The van der Waals surface area contributed by atoms with Gasteiger partial charge in [0.15, 0.2) is 5.82 Å². The molecule has 3 heterocycles. The molecule has 134 valence electrons. The molecule has 7 nitrogen and oxygen atoms in total. The number of nitrogens with zero attached hydrogens (tertiary/aromatic N) is 4. The predicted octanol–water partition coefficient (Wildman–Crippen LogP) is 2.77. The van der Waals surface area contributed by atoms with Crippen LogP contribution in [0.15, 0.2) is 24.3 Å². The minimum Gasteiger partial charge on any atom is -0.286 e. The van der Waals surface area contributed by atoms with Gasteiger partial charge in [0.25, 0.3) is 5.24 Å². The first-order valence-electron chi connectivity index (χ1n) is 7.21. The summed E-state index contributed by atoms with van der Waals surface area (Å²) in [6.45, 7) is 0. The van der Waals surface area contributed by atoms with Crippen molar-refractivity contribution in [2.24, 2.45) is 0 Å². The second kappa shape index (κ2) is 6.06. The molecule has 1 saturated heterocycles. The first-order chi connectivity index (χ1) is 12.3. The van der Waals surface area contributed by atoms with E-state index >= 15 is 0 Å². The smallest absolute Gasteiger partial charge is 0.286 e.